The number of halogens is 2. The Morgan fingerprint density at radius 2 is 1.21 bits per heavy atom. The van der Waals surface area contributed by atoms with Crippen molar-refractivity contribution in [1.29, 1.82) is 5.41 Å². The van der Waals surface area contributed by atoms with Gasteiger partial charge in [0.05, 0.1) is 22.9 Å². The fourth-order valence-electron chi connectivity index (χ4n) is 3.57. The van der Waals surface area contributed by atoms with Crippen LogP contribution in [0.4, 0.5) is 21.5 Å². The van der Waals surface area contributed by atoms with Gasteiger partial charge in [-0.15, -0.1) is 12.4 Å². The molecule has 0 atom stereocenters. The van der Waals surface area contributed by atoms with Crippen molar-refractivity contribution in [3.63, 3.8) is 0 Å². The molecule has 0 bridgehead atoms. The van der Waals surface area contributed by atoms with E-state index >= 15 is 0 Å². The highest BCUT2D eigenvalue weighted by molar-refractivity contribution is 6.08. The summed E-state index contributed by atoms with van der Waals surface area (Å²) in [6, 6.07) is 4.36. The van der Waals surface area contributed by atoms with Crippen LogP contribution >= 0.6 is 12.4 Å². The molecule has 13 nitrogen and oxygen atoms in total. The van der Waals surface area contributed by atoms with E-state index in [4.69, 9.17) is 11.1 Å². The van der Waals surface area contributed by atoms with Gasteiger partial charge in [-0.1, -0.05) is 6.58 Å². The molecule has 3 aromatic heterocycles. The largest absolute Gasteiger partial charge is 0.388 e. The average Bonchev–Trinajstić information content (AvgIpc) is 3.49. The first-order valence-electron chi connectivity index (χ1n) is 11.2. The van der Waals surface area contributed by atoms with Crippen LogP contribution in [0.2, 0.25) is 0 Å². The van der Waals surface area contributed by atoms with Gasteiger partial charge in [0.15, 0.2) is 5.83 Å². The lowest BCUT2D eigenvalue weighted by Gasteiger charge is -2.04. The molecule has 0 aliphatic heterocycles. The van der Waals surface area contributed by atoms with E-state index in [1.165, 1.54) is 33.5 Å². The smallest absolute Gasteiger partial charge is 0.283 e. The number of nitrogens with zero attached hydrogens (tertiary/aromatic N) is 3. The van der Waals surface area contributed by atoms with Crippen LogP contribution in [-0.2, 0) is 25.9 Å². The summed E-state index contributed by atoms with van der Waals surface area (Å²) in [5.41, 5.74) is 6.94. The Morgan fingerprint density at radius 3 is 1.59 bits per heavy atom. The molecule has 0 saturated heterocycles. The number of rotatable bonds is 10. The van der Waals surface area contributed by atoms with E-state index in [0.29, 0.717) is 17.1 Å². The molecule has 0 aliphatic rings. The maximum absolute atomic E-state index is 12.9. The molecule has 15 heteroatoms. The highest BCUT2D eigenvalue weighted by Gasteiger charge is 2.19. The van der Waals surface area contributed by atoms with Crippen molar-refractivity contribution in [3.05, 3.63) is 66.3 Å². The fraction of sp³-hybridized carbons (Fsp3) is 0.208. The number of aryl methyl sites for hydroxylation is 3. The molecule has 0 aliphatic carbocycles. The van der Waals surface area contributed by atoms with Crippen LogP contribution in [0.25, 0.3) is 0 Å². The molecule has 4 amide bonds. The average molecular weight is 562 g/mol. The normalized spacial score (nSPS) is 10.3. The number of nitrogens with one attached hydrogen (secondary N) is 5. The summed E-state index contributed by atoms with van der Waals surface area (Å²) in [4.78, 5) is 49.5. The van der Waals surface area contributed by atoms with Crippen molar-refractivity contribution < 1.29 is 23.6 Å². The molecule has 3 aromatic rings. The Bertz CT molecular complexity index is 1450. The summed E-state index contributed by atoms with van der Waals surface area (Å²) in [5.74, 6) is -3.58. The van der Waals surface area contributed by atoms with Crippen molar-refractivity contribution in [3.8, 4) is 0 Å². The van der Waals surface area contributed by atoms with Gasteiger partial charge in [-0.3, -0.25) is 24.6 Å². The molecular weight excluding hydrogens is 533 g/mol. The van der Waals surface area contributed by atoms with Gasteiger partial charge in [0, 0.05) is 52.7 Å². The van der Waals surface area contributed by atoms with E-state index < -0.39 is 23.5 Å². The number of hydrogen-bond acceptors (Lipinski definition) is 5. The Labute approximate surface area is 229 Å². The SMILES string of the molecule is C=C(F)C(=O)Nc1cc(C(=O)Nc2cc(C(=O)Nc3cc(C(=O)NCCC(=N)N)n(C)c3)n(C)c2)n(C)c1.Cl. The number of carbonyl (C=O) groups excluding carboxylic acids is 4. The Hall–Kier alpha value is -4.85. The van der Waals surface area contributed by atoms with Crippen molar-refractivity contribution in [2.45, 2.75) is 6.42 Å². The number of nitrogens with two attached hydrogens (primary N) is 1. The van der Waals surface area contributed by atoms with Gasteiger partial charge < -0.3 is 40.7 Å². The lowest BCUT2D eigenvalue weighted by atomic mass is 10.3. The fourth-order valence-corrected chi connectivity index (χ4v) is 3.57. The molecule has 0 saturated carbocycles. The summed E-state index contributed by atoms with van der Waals surface area (Å²) in [6.07, 6.45) is 4.79. The maximum Gasteiger partial charge on any atom is 0.283 e. The minimum absolute atomic E-state index is 0. The van der Waals surface area contributed by atoms with Crippen molar-refractivity contribution in [2.24, 2.45) is 26.9 Å². The summed E-state index contributed by atoms with van der Waals surface area (Å²) in [5, 5.41) is 17.6. The zero-order chi connectivity index (χ0) is 28.1. The molecule has 0 unspecified atom stereocenters. The second-order valence-electron chi connectivity index (χ2n) is 8.47. The van der Waals surface area contributed by atoms with Gasteiger partial charge in [0.25, 0.3) is 23.6 Å². The van der Waals surface area contributed by atoms with Crippen molar-refractivity contribution in [1.82, 2.24) is 19.0 Å². The van der Waals surface area contributed by atoms with E-state index in [1.807, 2.05) is 0 Å². The summed E-state index contributed by atoms with van der Waals surface area (Å²) >= 11 is 0. The van der Waals surface area contributed by atoms with Gasteiger partial charge in [-0.25, -0.2) is 4.39 Å². The van der Waals surface area contributed by atoms with Crippen LogP contribution in [0.15, 0.2) is 49.2 Å². The Balaban J connectivity index is 0.00000533. The lowest BCUT2D eigenvalue weighted by molar-refractivity contribution is -0.114. The van der Waals surface area contributed by atoms with Crippen LogP contribution in [-0.4, -0.2) is 49.7 Å². The maximum atomic E-state index is 12.9. The van der Waals surface area contributed by atoms with Crippen LogP contribution in [0.1, 0.15) is 37.9 Å². The van der Waals surface area contributed by atoms with E-state index in [0.717, 1.165) is 0 Å². The molecule has 39 heavy (non-hydrogen) atoms. The number of aromatic nitrogens is 3. The quantitative estimate of drug-likeness (QED) is 0.126. The lowest BCUT2D eigenvalue weighted by Crippen LogP contribution is -2.28. The predicted octanol–water partition coefficient (Wildman–Crippen LogP) is 2.11. The molecule has 0 spiro atoms. The van der Waals surface area contributed by atoms with Gasteiger partial charge >= 0.3 is 0 Å². The molecule has 208 valence electrons. The molecule has 0 radical (unpaired) electrons. The first-order valence-corrected chi connectivity index (χ1v) is 11.2. The Morgan fingerprint density at radius 1 is 0.821 bits per heavy atom. The third-order valence-electron chi connectivity index (χ3n) is 5.41. The minimum atomic E-state index is -1.16. The van der Waals surface area contributed by atoms with E-state index in [1.54, 1.807) is 38.1 Å². The highest BCUT2D eigenvalue weighted by Crippen LogP contribution is 2.20. The zero-order valence-electron chi connectivity index (χ0n) is 21.4. The molecule has 0 aromatic carbocycles. The topological polar surface area (TPSA) is 181 Å². The third kappa shape index (κ3) is 7.58. The summed E-state index contributed by atoms with van der Waals surface area (Å²) < 4.78 is 17.5. The predicted molar refractivity (Wildman–Crippen MR) is 147 cm³/mol. The number of amides is 4. The van der Waals surface area contributed by atoms with E-state index in [2.05, 4.69) is 27.8 Å². The molecule has 7 N–H and O–H groups in total. The van der Waals surface area contributed by atoms with Gasteiger partial charge in [0.2, 0.25) is 0 Å². The van der Waals surface area contributed by atoms with Crippen LogP contribution in [0.5, 0.6) is 0 Å². The number of carbonyl (C=O) groups is 4. The van der Waals surface area contributed by atoms with E-state index in [-0.39, 0.29) is 54.2 Å². The molecule has 0 fully saturated rings. The number of amidine groups is 1. The second kappa shape index (κ2) is 12.6. The third-order valence-corrected chi connectivity index (χ3v) is 5.41. The van der Waals surface area contributed by atoms with Crippen LogP contribution in [0, 0.1) is 5.41 Å². The number of anilines is 3. The number of hydrogen-bond donors (Lipinski definition) is 6. The van der Waals surface area contributed by atoms with Gasteiger partial charge in [0.1, 0.15) is 17.1 Å². The zero-order valence-corrected chi connectivity index (χ0v) is 22.2. The van der Waals surface area contributed by atoms with E-state index in [9.17, 15) is 23.6 Å². The molecular formula is C24H29ClFN9O4. The highest BCUT2D eigenvalue weighted by atomic mass is 35.5. The van der Waals surface area contributed by atoms with Gasteiger partial charge in [-0.2, -0.15) is 0 Å². The van der Waals surface area contributed by atoms with Crippen molar-refractivity contribution >= 4 is 58.9 Å². The minimum Gasteiger partial charge on any atom is -0.388 e. The summed E-state index contributed by atoms with van der Waals surface area (Å²) in [7, 11) is 4.86. The first-order chi connectivity index (χ1) is 17.8. The van der Waals surface area contributed by atoms with Gasteiger partial charge in [-0.05, 0) is 18.2 Å². The Kier molecular flexibility index (Phi) is 9.81. The first kappa shape index (κ1) is 30.4. The van der Waals surface area contributed by atoms with Crippen molar-refractivity contribution in [2.75, 3.05) is 22.5 Å². The monoisotopic (exact) mass is 561 g/mol. The molecule has 3 rings (SSSR count). The van der Waals surface area contributed by atoms with Crippen LogP contribution < -0.4 is 27.0 Å². The molecule has 3 heterocycles. The second-order valence-corrected chi connectivity index (χ2v) is 8.47. The van der Waals surface area contributed by atoms with Crippen LogP contribution in [0.3, 0.4) is 0 Å². The standard InChI is InChI=1S/C24H28FN9O4.ClH/c1-13(25)21(35)29-14-8-18(33(3)10-14)23(37)31-16-9-19(34(4)12-16)24(38)30-15-7-17(32(2)11-15)22(36)28-6-5-20(26)27;/h7-12H,1,5-6H2,2-4H3,(H3,26,27)(H,28,36)(H,29,35)(H,30,38)(H,31,37);1H. The summed E-state index contributed by atoms with van der Waals surface area (Å²) in [6.45, 7) is 3.14.